The molecule has 0 aromatic heterocycles. The summed E-state index contributed by atoms with van der Waals surface area (Å²) in [4.78, 5) is 0. The van der Waals surface area contributed by atoms with Gasteiger partial charge < -0.3 is 15.2 Å². The van der Waals surface area contributed by atoms with Crippen LogP contribution in [-0.4, -0.2) is 56.4 Å². The van der Waals surface area contributed by atoms with Gasteiger partial charge >= 0.3 is 0 Å². The summed E-state index contributed by atoms with van der Waals surface area (Å²) in [5, 5.41) is 12.8. The Morgan fingerprint density at radius 1 is 1.35 bits per heavy atom. The molecule has 0 saturated carbocycles. The van der Waals surface area contributed by atoms with E-state index in [-0.39, 0.29) is 11.0 Å². The van der Waals surface area contributed by atoms with Gasteiger partial charge in [0.15, 0.2) is 9.84 Å². The van der Waals surface area contributed by atoms with Crippen LogP contribution in [0.4, 0.5) is 0 Å². The second-order valence-electron chi connectivity index (χ2n) is 4.93. The molecule has 0 radical (unpaired) electrons. The molecule has 1 aliphatic heterocycles. The average molecular weight is 265 g/mol. The maximum Gasteiger partial charge on any atom is 0.153 e. The topological polar surface area (TPSA) is 75.6 Å². The van der Waals surface area contributed by atoms with Gasteiger partial charge in [0.25, 0.3) is 0 Å². The highest BCUT2D eigenvalue weighted by molar-refractivity contribution is 7.92. The molecule has 17 heavy (non-hydrogen) atoms. The van der Waals surface area contributed by atoms with Crippen molar-refractivity contribution >= 4 is 9.84 Å². The second-order valence-corrected chi connectivity index (χ2v) is 7.61. The van der Waals surface area contributed by atoms with Gasteiger partial charge in [0.05, 0.1) is 16.6 Å². The van der Waals surface area contributed by atoms with Crippen LogP contribution in [0, 0.1) is 0 Å². The van der Waals surface area contributed by atoms with Crippen molar-refractivity contribution < 1.29 is 18.3 Å². The second kappa shape index (κ2) is 6.13. The Bertz CT molecular complexity index is 320. The summed E-state index contributed by atoms with van der Waals surface area (Å²) < 4.78 is 28.3. The van der Waals surface area contributed by atoms with Crippen LogP contribution in [0.2, 0.25) is 0 Å². The van der Waals surface area contributed by atoms with Crippen LogP contribution in [0.5, 0.6) is 0 Å². The molecular weight excluding hydrogens is 242 g/mol. The van der Waals surface area contributed by atoms with Gasteiger partial charge in [-0.25, -0.2) is 8.42 Å². The molecule has 0 amide bonds. The summed E-state index contributed by atoms with van der Waals surface area (Å²) >= 11 is 0. The van der Waals surface area contributed by atoms with E-state index in [1.807, 2.05) is 0 Å². The normalized spacial score (nSPS) is 20.7. The molecule has 0 aliphatic carbocycles. The summed E-state index contributed by atoms with van der Waals surface area (Å²) in [6, 6.07) is 0. The molecule has 0 unspecified atom stereocenters. The monoisotopic (exact) mass is 265 g/mol. The summed E-state index contributed by atoms with van der Waals surface area (Å²) in [7, 11) is -2.99. The van der Waals surface area contributed by atoms with Crippen molar-refractivity contribution in [1.82, 2.24) is 5.32 Å². The number of aliphatic hydroxyl groups is 1. The third-order valence-corrected chi connectivity index (χ3v) is 5.37. The van der Waals surface area contributed by atoms with Crippen molar-refractivity contribution in [2.75, 3.05) is 32.1 Å². The highest BCUT2D eigenvalue weighted by atomic mass is 32.2. The maximum absolute atomic E-state index is 11.5. The van der Waals surface area contributed by atoms with Gasteiger partial charge in [-0.1, -0.05) is 0 Å². The van der Waals surface area contributed by atoms with Crippen molar-refractivity contribution in [3.63, 3.8) is 0 Å². The zero-order valence-corrected chi connectivity index (χ0v) is 11.4. The lowest BCUT2D eigenvalue weighted by molar-refractivity contribution is -0.0612. The van der Waals surface area contributed by atoms with Gasteiger partial charge in [-0.2, -0.15) is 0 Å². The number of ether oxygens (including phenoxy) is 1. The van der Waals surface area contributed by atoms with Crippen LogP contribution in [0.3, 0.4) is 0 Å². The van der Waals surface area contributed by atoms with Crippen LogP contribution in [0.25, 0.3) is 0 Å². The minimum atomic E-state index is -2.99. The van der Waals surface area contributed by atoms with Crippen LogP contribution in [0.1, 0.15) is 26.7 Å². The lowest BCUT2D eigenvalue weighted by Crippen LogP contribution is -2.46. The largest absolute Gasteiger partial charge is 0.388 e. The standard InChI is InChI=1S/C11H23NO4S/c1-10(2)17(14,15)8-5-12-9-11(13)3-6-16-7-4-11/h10,12-13H,3-9H2,1-2H3. The third kappa shape index (κ3) is 4.91. The molecule has 2 N–H and O–H groups in total. The molecule has 6 heteroatoms. The molecule has 1 aliphatic rings. The molecular formula is C11H23NO4S. The lowest BCUT2D eigenvalue weighted by Gasteiger charge is -2.32. The molecule has 0 aromatic rings. The first-order valence-electron chi connectivity index (χ1n) is 6.08. The molecule has 102 valence electrons. The van der Waals surface area contributed by atoms with Gasteiger partial charge in [-0.05, 0) is 13.8 Å². The van der Waals surface area contributed by atoms with Crippen LogP contribution < -0.4 is 5.32 Å². The van der Waals surface area contributed by atoms with E-state index in [9.17, 15) is 13.5 Å². The maximum atomic E-state index is 11.5. The summed E-state index contributed by atoms with van der Waals surface area (Å²) in [5.74, 6) is 0.122. The molecule has 5 nitrogen and oxygen atoms in total. The van der Waals surface area contributed by atoms with E-state index in [0.717, 1.165) is 0 Å². The highest BCUT2D eigenvalue weighted by Gasteiger charge is 2.29. The van der Waals surface area contributed by atoms with Crippen molar-refractivity contribution in [3.8, 4) is 0 Å². The molecule has 0 bridgehead atoms. The molecule has 1 saturated heterocycles. The van der Waals surface area contributed by atoms with E-state index in [2.05, 4.69) is 5.32 Å². The first kappa shape index (κ1) is 14.9. The molecule has 0 atom stereocenters. The quantitative estimate of drug-likeness (QED) is 0.658. The van der Waals surface area contributed by atoms with Crippen LogP contribution >= 0.6 is 0 Å². The van der Waals surface area contributed by atoms with Gasteiger partial charge in [0, 0.05) is 39.1 Å². The van der Waals surface area contributed by atoms with E-state index in [1.165, 1.54) is 0 Å². The van der Waals surface area contributed by atoms with Gasteiger partial charge in [0.2, 0.25) is 0 Å². The summed E-state index contributed by atoms with van der Waals surface area (Å²) in [6.07, 6.45) is 1.22. The number of hydrogen-bond acceptors (Lipinski definition) is 5. The van der Waals surface area contributed by atoms with Crippen molar-refractivity contribution in [3.05, 3.63) is 0 Å². The van der Waals surface area contributed by atoms with Crippen molar-refractivity contribution in [2.45, 2.75) is 37.5 Å². The minimum Gasteiger partial charge on any atom is -0.388 e. The number of nitrogens with one attached hydrogen (secondary N) is 1. The Balaban J connectivity index is 2.24. The Kier molecular flexibility index (Phi) is 5.37. The highest BCUT2D eigenvalue weighted by Crippen LogP contribution is 2.19. The molecule has 0 aromatic carbocycles. The first-order chi connectivity index (χ1) is 7.86. The van der Waals surface area contributed by atoms with E-state index in [1.54, 1.807) is 13.8 Å². The van der Waals surface area contributed by atoms with Crippen molar-refractivity contribution in [2.24, 2.45) is 0 Å². The lowest BCUT2D eigenvalue weighted by atomic mass is 9.94. The van der Waals surface area contributed by atoms with E-state index in [0.29, 0.717) is 39.1 Å². The Morgan fingerprint density at radius 2 is 1.94 bits per heavy atom. The van der Waals surface area contributed by atoms with Gasteiger partial charge in [-0.3, -0.25) is 0 Å². The van der Waals surface area contributed by atoms with E-state index >= 15 is 0 Å². The third-order valence-electron chi connectivity index (χ3n) is 3.16. The summed E-state index contributed by atoms with van der Waals surface area (Å²) in [6.45, 7) is 5.33. The number of rotatable bonds is 6. The SMILES string of the molecule is CC(C)S(=O)(=O)CCNCC1(O)CCOCC1. The molecule has 1 fully saturated rings. The molecule has 0 spiro atoms. The predicted molar refractivity (Wildman–Crippen MR) is 66.8 cm³/mol. The number of sulfone groups is 1. The number of hydrogen-bond donors (Lipinski definition) is 2. The fourth-order valence-electron chi connectivity index (χ4n) is 1.70. The fourth-order valence-corrected chi connectivity index (χ4v) is 2.60. The Hall–Kier alpha value is -0.170. The summed E-state index contributed by atoms with van der Waals surface area (Å²) in [5.41, 5.74) is -0.736. The fraction of sp³-hybridized carbons (Fsp3) is 1.00. The molecule has 1 rings (SSSR count). The van der Waals surface area contributed by atoms with Crippen LogP contribution in [-0.2, 0) is 14.6 Å². The Labute approximate surface area is 103 Å². The first-order valence-corrected chi connectivity index (χ1v) is 7.80. The van der Waals surface area contributed by atoms with E-state index in [4.69, 9.17) is 4.74 Å². The van der Waals surface area contributed by atoms with Crippen LogP contribution in [0.15, 0.2) is 0 Å². The van der Waals surface area contributed by atoms with Crippen molar-refractivity contribution in [1.29, 1.82) is 0 Å². The zero-order chi connectivity index (χ0) is 12.9. The molecule has 1 heterocycles. The Morgan fingerprint density at radius 3 is 2.47 bits per heavy atom. The minimum absolute atomic E-state index is 0.122. The zero-order valence-electron chi connectivity index (χ0n) is 10.6. The predicted octanol–water partition coefficient (Wildman–Crippen LogP) is -0.0593. The van der Waals surface area contributed by atoms with Gasteiger partial charge in [0.1, 0.15) is 0 Å². The smallest absolute Gasteiger partial charge is 0.153 e. The average Bonchev–Trinajstić information content (AvgIpc) is 2.25. The van der Waals surface area contributed by atoms with Gasteiger partial charge in [-0.15, -0.1) is 0 Å². The van der Waals surface area contributed by atoms with E-state index < -0.39 is 15.4 Å².